The van der Waals surface area contributed by atoms with Crippen molar-refractivity contribution in [3.63, 3.8) is 0 Å². The average Bonchev–Trinajstić information content (AvgIpc) is 2.31. The second-order valence-corrected chi connectivity index (χ2v) is 5.65. The lowest BCUT2D eigenvalue weighted by molar-refractivity contribution is -0.144. The van der Waals surface area contributed by atoms with Crippen LogP contribution in [0.25, 0.3) is 0 Å². The van der Waals surface area contributed by atoms with E-state index in [1.165, 1.54) is 7.11 Å². The van der Waals surface area contributed by atoms with Gasteiger partial charge in [-0.15, -0.1) is 0 Å². The molecule has 0 aliphatic heterocycles. The molecule has 1 aromatic rings. The number of esters is 1. The largest absolute Gasteiger partial charge is 0.468 e. The third kappa shape index (κ3) is 4.26. The predicted molar refractivity (Wildman–Crippen MR) is 76.6 cm³/mol. The van der Waals surface area contributed by atoms with Crippen LogP contribution < -0.4 is 5.32 Å². The maximum Gasteiger partial charge on any atom is 0.323 e. The second kappa shape index (κ2) is 7.12. The van der Waals surface area contributed by atoms with Crippen LogP contribution in [0, 0.1) is 5.92 Å². The fourth-order valence-corrected chi connectivity index (χ4v) is 2.43. The van der Waals surface area contributed by atoms with Crippen molar-refractivity contribution in [3.05, 3.63) is 33.3 Å². The highest BCUT2D eigenvalue weighted by Crippen LogP contribution is 2.21. The van der Waals surface area contributed by atoms with Crippen LogP contribution in [0.3, 0.4) is 0 Å². The first-order valence-corrected chi connectivity index (χ1v) is 6.88. The average molecular weight is 335 g/mol. The van der Waals surface area contributed by atoms with Crippen molar-refractivity contribution in [2.45, 2.75) is 26.4 Å². The zero-order chi connectivity index (χ0) is 13.7. The number of nitrogens with one attached hydrogen (secondary N) is 1. The van der Waals surface area contributed by atoms with E-state index in [2.05, 4.69) is 21.2 Å². The molecule has 0 bridgehead atoms. The second-order valence-electron chi connectivity index (χ2n) is 4.36. The van der Waals surface area contributed by atoms with Gasteiger partial charge in [-0.05, 0) is 23.6 Å². The Hall–Kier alpha value is -0.580. The van der Waals surface area contributed by atoms with Gasteiger partial charge in [0.25, 0.3) is 0 Å². The van der Waals surface area contributed by atoms with Crippen LogP contribution in [0.5, 0.6) is 0 Å². The van der Waals surface area contributed by atoms with E-state index in [9.17, 15) is 4.79 Å². The quantitative estimate of drug-likeness (QED) is 0.839. The van der Waals surface area contributed by atoms with Crippen molar-refractivity contribution in [3.8, 4) is 0 Å². The lowest BCUT2D eigenvalue weighted by Crippen LogP contribution is -2.41. The van der Waals surface area contributed by atoms with Crippen molar-refractivity contribution in [1.82, 2.24) is 5.32 Å². The first-order chi connectivity index (χ1) is 8.45. The molecule has 0 aromatic heterocycles. The summed E-state index contributed by atoms with van der Waals surface area (Å²) in [6.45, 7) is 4.53. The molecule has 0 spiro atoms. The molecule has 0 aliphatic rings. The van der Waals surface area contributed by atoms with Gasteiger partial charge < -0.3 is 10.1 Å². The van der Waals surface area contributed by atoms with Crippen molar-refractivity contribution in [2.24, 2.45) is 5.92 Å². The number of hydrogen-bond acceptors (Lipinski definition) is 3. The van der Waals surface area contributed by atoms with Crippen LogP contribution in [-0.2, 0) is 16.1 Å². The summed E-state index contributed by atoms with van der Waals surface area (Å²) < 4.78 is 5.70. The van der Waals surface area contributed by atoms with Gasteiger partial charge in [-0.3, -0.25) is 4.79 Å². The van der Waals surface area contributed by atoms with Crippen LogP contribution in [-0.4, -0.2) is 19.1 Å². The molecule has 5 heteroatoms. The third-order valence-corrected chi connectivity index (χ3v) is 3.62. The van der Waals surface area contributed by atoms with Gasteiger partial charge in [0.15, 0.2) is 0 Å². The molecule has 1 atom stereocenters. The van der Waals surface area contributed by atoms with Gasteiger partial charge in [-0.2, -0.15) is 0 Å². The maximum absolute atomic E-state index is 11.6. The van der Waals surface area contributed by atoms with Gasteiger partial charge in [-0.25, -0.2) is 0 Å². The van der Waals surface area contributed by atoms with Crippen LogP contribution in [0.4, 0.5) is 0 Å². The lowest BCUT2D eigenvalue weighted by atomic mass is 10.0. The Kier molecular flexibility index (Phi) is 6.12. The number of rotatable bonds is 5. The minimum Gasteiger partial charge on any atom is -0.468 e. The van der Waals surface area contributed by atoms with E-state index >= 15 is 0 Å². The van der Waals surface area contributed by atoms with Gasteiger partial charge in [0, 0.05) is 16.0 Å². The van der Waals surface area contributed by atoms with Crippen molar-refractivity contribution < 1.29 is 9.53 Å². The Bertz CT molecular complexity index is 423. The van der Waals surface area contributed by atoms with Crippen LogP contribution in [0.1, 0.15) is 19.4 Å². The summed E-state index contributed by atoms with van der Waals surface area (Å²) in [5.74, 6) is -0.0707. The molecule has 1 aromatic carbocycles. The molecule has 100 valence electrons. The number of carbonyl (C=O) groups is 1. The standard InChI is InChI=1S/C13H17BrClNO2/c1-8(2)12(13(17)18-3)16-7-9-4-5-10(15)6-11(9)14/h4-6,8,12,16H,7H2,1-3H3/t12-/m0/s1. The highest BCUT2D eigenvalue weighted by atomic mass is 79.9. The SMILES string of the molecule is COC(=O)[C@@H](NCc1ccc(Cl)cc1Br)C(C)C. The summed E-state index contributed by atoms with van der Waals surface area (Å²) >= 11 is 9.33. The number of carbonyl (C=O) groups excluding carboxylic acids is 1. The van der Waals surface area contributed by atoms with E-state index in [1.54, 1.807) is 0 Å². The van der Waals surface area contributed by atoms with E-state index in [0.717, 1.165) is 10.0 Å². The van der Waals surface area contributed by atoms with Crippen LogP contribution >= 0.6 is 27.5 Å². The van der Waals surface area contributed by atoms with Crippen LogP contribution in [0.2, 0.25) is 5.02 Å². The normalized spacial score (nSPS) is 12.6. The number of ether oxygens (including phenoxy) is 1. The topological polar surface area (TPSA) is 38.3 Å². The lowest BCUT2D eigenvalue weighted by Gasteiger charge is -2.20. The molecule has 0 fully saturated rings. The first-order valence-electron chi connectivity index (χ1n) is 5.70. The zero-order valence-corrected chi connectivity index (χ0v) is 13.0. The van der Waals surface area contributed by atoms with Crippen LogP contribution in [0.15, 0.2) is 22.7 Å². The van der Waals surface area contributed by atoms with Gasteiger partial charge in [0.05, 0.1) is 7.11 Å². The van der Waals surface area contributed by atoms with Crippen molar-refractivity contribution in [2.75, 3.05) is 7.11 Å². The Morgan fingerprint density at radius 1 is 1.50 bits per heavy atom. The maximum atomic E-state index is 11.6. The molecule has 18 heavy (non-hydrogen) atoms. The number of methoxy groups -OCH3 is 1. The molecule has 0 aliphatic carbocycles. The number of hydrogen-bond donors (Lipinski definition) is 1. The summed E-state index contributed by atoms with van der Waals surface area (Å²) in [4.78, 5) is 11.6. The summed E-state index contributed by atoms with van der Waals surface area (Å²) in [5, 5.41) is 3.88. The first kappa shape index (κ1) is 15.5. The molecular weight excluding hydrogens is 318 g/mol. The summed E-state index contributed by atoms with van der Waals surface area (Å²) in [6.07, 6.45) is 0. The molecule has 0 unspecified atom stereocenters. The molecular formula is C13H17BrClNO2. The zero-order valence-electron chi connectivity index (χ0n) is 10.7. The van der Waals surface area contributed by atoms with E-state index in [0.29, 0.717) is 11.6 Å². The minimum absolute atomic E-state index is 0.170. The molecule has 0 heterocycles. The van der Waals surface area contributed by atoms with E-state index in [-0.39, 0.29) is 17.9 Å². The molecule has 3 nitrogen and oxygen atoms in total. The fraction of sp³-hybridized carbons (Fsp3) is 0.462. The van der Waals surface area contributed by atoms with E-state index in [4.69, 9.17) is 16.3 Å². The van der Waals surface area contributed by atoms with Gasteiger partial charge in [0.1, 0.15) is 6.04 Å². The Balaban J connectivity index is 2.70. The van der Waals surface area contributed by atoms with Gasteiger partial charge in [0.2, 0.25) is 0 Å². The molecule has 1 N–H and O–H groups in total. The Labute approximate surface area is 121 Å². The smallest absolute Gasteiger partial charge is 0.323 e. The number of benzene rings is 1. The molecule has 0 amide bonds. The third-order valence-electron chi connectivity index (χ3n) is 2.65. The predicted octanol–water partition coefficient (Wildman–Crippen LogP) is 3.39. The molecule has 0 saturated heterocycles. The van der Waals surface area contributed by atoms with Gasteiger partial charge >= 0.3 is 5.97 Å². The van der Waals surface area contributed by atoms with Crippen molar-refractivity contribution in [1.29, 1.82) is 0 Å². The minimum atomic E-state index is -0.308. The van der Waals surface area contributed by atoms with Gasteiger partial charge in [-0.1, -0.05) is 47.4 Å². The monoisotopic (exact) mass is 333 g/mol. The highest BCUT2D eigenvalue weighted by molar-refractivity contribution is 9.10. The van der Waals surface area contributed by atoms with E-state index in [1.807, 2.05) is 32.0 Å². The Morgan fingerprint density at radius 3 is 2.67 bits per heavy atom. The molecule has 1 rings (SSSR count). The fourth-order valence-electron chi connectivity index (χ4n) is 1.60. The molecule has 0 radical (unpaired) electrons. The highest BCUT2D eigenvalue weighted by Gasteiger charge is 2.22. The summed E-state index contributed by atoms with van der Waals surface area (Å²) in [5.41, 5.74) is 1.05. The number of halogens is 2. The summed E-state index contributed by atoms with van der Waals surface area (Å²) in [6, 6.07) is 5.28. The van der Waals surface area contributed by atoms with Crippen molar-refractivity contribution >= 4 is 33.5 Å². The van der Waals surface area contributed by atoms with E-state index < -0.39 is 0 Å². The summed E-state index contributed by atoms with van der Waals surface area (Å²) in [7, 11) is 1.40. The molecule has 0 saturated carbocycles. The Morgan fingerprint density at radius 2 is 2.17 bits per heavy atom.